The van der Waals surface area contributed by atoms with Gasteiger partial charge in [0.25, 0.3) is 0 Å². The summed E-state index contributed by atoms with van der Waals surface area (Å²) < 4.78 is 0.992. The van der Waals surface area contributed by atoms with Gasteiger partial charge in [-0.05, 0) is 30.9 Å². The van der Waals surface area contributed by atoms with E-state index in [1.807, 2.05) is 12.1 Å². The van der Waals surface area contributed by atoms with E-state index in [0.29, 0.717) is 5.92 Å². The van der Waals surface area contributed by atoms with Crippen LogP contribution in [0.5, 0.6) is 0 Å². The fourth-order valence-corrected chi connectivity index (χ4v) is 2.64. The molecule has 1 saturated carbocycles. The number of anilines is 1. The van der Waals surface area contributed by atoms with Gasteiger partial charge in [0.15, 0.2) is 0 Å². The highest BCUT2D eigenvalue weighted by molar-refractivity contribution is 9.10. The Hall–Kier alpha value is -1.03. The summed E-state index contributed by atoms with van der Waals surface area (Å²) in [4.78, 5) is 7.99. The molecule has 0 aliphatic heterocycles. The smallest absolute Gasteiger partial charge is 0.112 e. The van der Waals surface area contributed by atoms with Crippen LogP contribution in [0.25, 0.3) is 11.0 Å². The number of halogens is 1. The van der Waals surface area contributed by atoms with E-state index in [1.54, 1.807) is 0 Å². The van der Waals surface area contributed by atoms with E-state index in [0.717, 1.165) is 32.9 Å². The molecule has 0 saturated heterocycles. The van der Waals surface area contributed by atoms with Crippen LogP contribution in [0.1, 0.15) is 31.5 Å². The lowest BCUT2D eigenvalue weighted by molar-refractivity contribution is 0.630. The topological polar surface area (TPSA) is 54.7 Å². The molecule has 0 bridgehead atoms. The van der Waals surface area contributed by atoms with Gasteiger partial charge in [0.2, 0.25) is 0 Å². The average molecular weight is 280 g/mol. The summed E-state index contributed by atoms with van der Waals surface area (Å²) in [6.07, 6.45) is 2.66. The standard InChI is InChI=1S/C12H14BrN3/c1-6(7-2-3-7)12-15-10-5-8(13)4-9(14)11(10)16-12/h4-7H,2-3,14H2,1H3,(H,15,16). The quantitative estimate of drug-likeness (QED) is 0.828. The van der Waals surface area contributed by atoms with E-state index in [-0.39, 0.29) is 0 Å². The summed E-state index contributed by atoms with van der Waals surface area (Å²) in [6, 6.07) is 3.93. The predicted molar refractivity (Wildman–Crippen MR) is 69.3 cm³/mol. The maximum atomic E-state index is 5.95. The molecule has 1 aliphatic rings. The Morgan fingerprint density at radius 3 is 2.94 bits per heavy atom. The summed E-state index contributed by atoms with van der Waals surface area (Å²) in [7, 11) is 0. The van der Waals surface area contributed by atoms with Crippen LogP contribution < -0.4 is 5.73 Å². The number of nitrogens with two attached hydrogens (primary N) is 1. The van der Waals surface area contributed by atoms with Gasteiger partial charge in [0, 0.05) is 10.4 Å². The van der Waals surface area contributed by atoms with Crippen molar-refractivity contribution in [3.8, 4) is 0 Å². The molecule has 2 aromatic rings. The van der Waals surface area contributed by atoms with Crippen LogP contribution in [0.3, 0.4) is 0 Å². The summed E-state index contributed by atoms with van der Waals surface area (Å²) >= 11 is 3.44. The molecule has 1 unspecified atom stereocenters. The van der Waals surface area contributed by atoms with Gasteiger partial charge >= 0.3 is 0 Å². The monoisotopic (exact) mass is 279 g/mol. The van der Waals surface area contributed by atoms with Crippen LogP contribution in [0.4, 0.5) is 5.69 Å². The molecule has 16 heavy (non-hydrogen) atoms. The molecule has 1 aromatic carbocycles. The lowest BCUT2D eigenvalue weighted by Gasteiger charge is -2.04. The zero-order valence-electron chi connectivity index (χ0n) is 9.13. The molecular formula is C12H14BrN3. The third-order valence-corrected chi connectivity index (χ3v) is 3.82. The molecular weight excluding hydrogens is 266 g/mol. The van der Waals surface area contributed by atoms with Crippen LogP contribution in [-0.4, -0.2) is 9.97 Å². The molecule has 0 amide bonds. The third kappa shape index (κ3) is 1.61. The summed E-state index contributed by atoms with van der Waals surface area (Å²) in [5, 5.41) is 0. The Bertz CT molecular complexity index is 542. The summed E-state index contributed by atoms with van der Waals surface area (Å²) in [5.74, 6) is 2.40. The first-order chi connectivity index (χ1) is 7.65. The minimum absolute atomic E-state index is 0.519. The molecule has 4 heteroatoms. The van der Waals surface area contributed by atoms with Gasteiger partial charge in [0.05, 0.1) is 11.2 Å². The second kappa shape index (κ2) is 3.48. The van der Waals surface area contributed by atoms with Crippen molar-refractivity contribution < 1.29 is 0 Å². The molecule has 3 nitrogen and oxygen atoms in total. The lowest BCUT2D eigenvalue weighted by Crippen LogP contribution is -1.97. The van der Waals surface area contributed by atoms with Crippen molar-refractivity contribution in [2.45, 2.75) is 25.7 Å². The molecule has 1 fully saturated rings. The first-order valence-electron chi connectivity index (χ1n) is 5.60. The molecule has 1 aliphatic carbocycles. The van der Waals surface area contributed by atoms with Gasteiger partial charge in [0.1, 0.15) is 11.3 Å². The zero-order chi connectivity index (χ0) is 11.3. The van der Waals surface area contributed by atoms with E-state index in [4.69, 9.17) is 5.73 Å². The number of nitrogens with one attached hydrogen (secondary N) is 1. The van der Waals surface area contributed by atoms with Crippen molar-refractivity contribution >= 4 is 32.7 Å². The predicted octanol–water partition coefficient (Wildman–Crippen LogP) is 3.42. The van der Waals surface area contributed by atoms with E-state index in [2.05, 4.69) is 32.8 Å². The highest BCUT2D eigenvalue weighted by Crippen LogP contribution is 2.42. The molecule has 84 valence electrons. The minimum atomic E-state index is 0.519. The average Bonchev–Trinajstić information content (AvgIpc) is 2.97. The SMILES string of the molecule is CC(c1nc2c(N)cc(Br)cc2[nH]1)C1CC1. The molecule has 3 N–H and O–H groups in total. The highest BCUT2D eigenvalue weighted by Gasteiger charge is 2.30. The Balaban J connectivity index is 2.11. The van der Waals surface area contributed by atoms with Crippen LogP contribution in [0.15, 0.2) is 16.6 Å². The van der Waals surface area contributed by atoms with E-state index in [1.165, 1.54) is 12.8 Å². The van der Waals surface area contributed by atoms with Crippen LogP contribution >= 0.6 is 15.9 Å². The highest BCUT2D eigenvalue weighted by atomic mass is 79.9. The number of fused-ring (bicyclic) bond motifs is 1. The van der Waals surface area contributed by atoms with Crippen molar-refractivity contribution in [3.63, 3.8) is 0 Å². The van der Waals surface area contributed by atoms with Gasteiger partial charge in [-0.2, -0.15) is 0 Å². The van der Waals surface area contributed by atoms with Gasteiger partial charge in [-0.25, -0.2) is 4.98 Å². The Labute approximate surface area is 103 Å². The second-order valence-electron chi connectivity index (χ2n) is 4.64. The number of hydrogen-bond acceptors (Lipinski definition) is 2. The van der Waals surface area contributed by atoms with Crippen LogP contribution in [-0.2, 0) is 0 Å². The first-order valence-corrected chi connectivity index (χ1v) is 6.39. The third-order valence-electron chi connectivity index (χ3n) is 3.36. The Morgan fingerprint density at radius 1 is 1.50 bits per heavy atom. The number of hydrogen-bond donors (Lipinski definition) is 2. The molecule has 0 radical (unpaired) electrons. The van der Waals surface area contributed by atoms with Crippen molar-refractivity contribution in [2.75, 3.05) is 5.73 Å². The molecule has 0 spiro atoms. The number of aromatic nitrogens is 2. The van der Waals surface area contributed by atoms with Gasteiger partial charge < -0.3 is 10.7 Å². The summed E-state index contributed by atoms with van der Waals surface area (Å²) in [6.45, 7) is 2.24. The van der Waals surface area contributed by atoms with Crippen molar-refractivity contribution in [3.05, 3.63) is 22.4 Å². The van der Waals surface area contributed by atoms with Gasteiger partial charge in [-0.1, -0.05) is 22.9 Å². The van der Waals surface area contributed by atoms with Crippen molar-refractivity contribution in [2.24, 2.45) is 5.92 Å². The summed E-state index contributed by atoms with van der Waals surface area (Å²) in [5.41, 5.74) is 8.60. The van der Waals surface area contributed by atoms with E-state index < -0.39 is 0 Å². The van der Waals surface area contributed by atoms with Crippen molar-refractivity contribution in [1.29, 1.82) is 0 Å². The number of nitrogens with zero attached hydrogens (tertiary/aromatic N) is 1. The Kier molecular flexibility index (Phi) is 2.21. The molecule has 1 heterocycles. The number of rotatable bonds is 2. The van der Waals surface area contributed by atoms with Crippen molar-refractivity contribution in [1.82, 2.24) is 9.97 Å². The van der Waals surface area contributed by atoms with E-state index >= 15 is 0 Å². The fourth-order valence-electron chi connectivity index (χ4n) is 2.16. The van der Waals surface area contributed by atoms with Gasteiger partial charge in [-0.15, -0.1) is 0 Å². The van der Waals surface area contributed by atoms with Gasteiger partial charge in [-0.3, -0.25) is 0 Å². The first kappa shape index (κ1) is 10.1. The number of imidazole rings is 1. The number of benzene rings is 1. The normalized spacial score (nSPS) is 17.9. The number of H-pyrrole nitrogens is 1. The second-order valence-corrected chi connectivity index (χ2v) is 5.56. The number of aromatic amines is 1. The van der Waals surface area contributed by atoms with E-state index in [9.17, 15) is 0 Å². The number of nitrogen functional groups attached to an aromatic ring is 1. The zero-order valence-corrected chi connectivity index (χ0v) is 10.7. The van der Waals surface area contributed by atoms with Crippen LogP contribution in [0, 0.1) is 5.92 Å². The molecule has 3 rings (SSSR count). The largest absolute Gasteiger partial charge is 0.397 e. The lowest BCUT2D eigenvalue weighted by atomic mass is 10.1. The maximum Gasteiger partial charge on any atom is 0.112 e. The Morgan fingerprint density at radius 2 is 2.25 bits per heavy atom. The minimum Gasteiger partial charge on any atom is -0.397 e. The van der Waals surface area contributed by atoms with Crippen LogP contribution in [0.2, 0.25) is 0 Å². The fraction of sp³-hybridized carbons (Fsp3) is 0.417. The molecule has 1 aromatic heterocycles. The maximum absolute atomic E-state index is 5.95. The molecule has 1 atom stereocenters.